The van der Waals surface area contributed by atoms with Gasteiger partial charge in [0.2, 0.25) is 0 Å². The van der Waals surface area contributed by atoms with Crippen LogP contribution in [0.1, 0.15) is 36.6 Å². The van der Waals surface area contributed by atoms with Crippen LogP contribution in [0.2, 0.25) is 0 Å². The third-order valence-electron chi connectivity index (χ3n) is 3.32. The molecule has 1 aromatic rings. The van der Waals surface area contributed by atoms with Gasteiger partial charge in [-0.15, -0.1) is 35.3 Å². The van der Waals surface area contributed by atoms with Crippen molar-refractivity contribution in [1.29, 1.82) is 0 Å². The monoisotopic (exact) mass is 424 g/mol. The minimum absolute atomic E-state index is 0. The van der Waals surface area contributed by atoms with Crippen molar-refractivity contribution in [3.05, 3.63) is 16.1 Å². The quantitative estimate of drug-likeness (QED) is 0.434. The molecule has 2 heterocycles. The van der Waals surface area contributed by atoms with Gasteiger partial charge >= 0.3 is 0 Å². The van der Waals surface area contributed by atoms with Gasteiger partial charge in [-0.2, -0.15) is 0 Å². The molecular weight excluding hydrogens is 399 g/mol. The highest BCUT2D eigenvalue weighted by molar-refractivity contribution is 14.0. The maximum absolute atomic E-state index is 5.78. The highest BCUT2D eigenvalue weighted by Gasteiger charge is 2.29. The summed E-state index contributed by atoms with van der Waals surface area (Å²) in [7, 11) is 0. The summed E-state index contributed by atoms with van der Waals surface area (Å²) >= 11 is 1.69. The lowest BCUT2D eigenvalue weighted by Crippen LogP contribution is -2.45. The third kappa shape index (κ3) is 6.07. The second kappa shape index (κ2) is 8.89. The van der Waals surface area contributed by atoms with E-state index in [9.17, 15) is 0 Å². The zero-order chi connectivity index (χ0) is 14.4. The molecule has 0 aliphatic carbocycles. The van der Waals surface area contributed by atoms with Gasteiger partial charge in [0.25, 0.3) is 0 Å². The first kappa shape index (κ1) is 18.6. The molecule has 1 fully saturated rings. The van der Waals surface area contributed by atoms with Crippen LogP contribution in [-0.4, -0.2) is 36.2 Å². The van der Waals surface area contributed by atoms with Crippen molar-refractivity contribution in [3.63, 3.8) is 0 Å². The Morgan fingerprint density at radius 1 is 1.52 bits per heavy atom. The Kier molecular flexibility index (Phi) is 7.89. The van der Waals surface area contributed by atoms with Gasteiger partial charge in [-0.3, -0.25) is 0 Å². The van der Waals surface area contributed by atoms with Crippen LogP contribution in [0.25, 0.3) is 0 Å². The fourth-order valence-corrected chi connectivity index (χ4v) is 2.92. The molecule has 2 N–H and O–H groups in total. The van der Waals surface area contributed by atoms with E-state index in [1.54, 1.807) is 11.3 Å². The van der Waals surface area contributed by atoms with Crippen LogP contribution in [0.15, 0.2) is 11.2 Å². The molecule has 0 bridgehead atoms. The Morgan fingerprint density at radius 3 is 2.90 bits per heavy atom. The molecular formula is C14H25IN4OS. The number of thiazole rings is 1. The smallest absolute Gasteiger partial charge is 0.191 e. The number of halogens is 1. The molecule has 1 atom stereocenters. The number of hydrogen-bond acceptors (Lipinski definition) is 4. The first-order valence-corrected chi connectivity index (χ1v) is 8.00. The number of nitrogens with zero attached hydrogens (tertiary/aromatic N) is 2. The summed E-state index contributed by atoms with van der Waals surface area (Å²) in [5.41, 5.74) is -0.0615. The molecule has 21 heavy (non-hydrogen) atoms. The predicted octanol–water partition coefficient (Wildman–Crippen LogP) is 2.69. The molecule has 1 aromatic heterocycles. The van der Waals surface area contributed by atoms with Crippen LogP contribution >= 0.6 is 35.3 Å². The fourth-order valence-electron chi connectivity index (χ4n) is 2.21. The molecule has 7 heteroatoms. The van der Waals surface area contributed by atoms with Gasteiger partial charge in [0.15, 0.2) is 5.96 Å². The number of aryl methyl sites for hydroxylation is 1. The summed E-state index contributed by atoms with van der Waals surface area (Å²) in [4.78, 5) is 10.1. The van der Waals surface area contributed by atoms with Crippen molar-refractivity contribution in [2.45, 2.75) is 45.8 Å². The van der Waals surface area contributed by atoms with Gasteiger partial charge in [0.05, 0.1) is 12.1 Å². The average Bonchev–Trinajstić information content (AvgIpc) is 3.03. The van der Waals surface area contributed by atoms with E-state index < -0.39 is 0 Å². The maximum Gasteiger partial charge on any atom is 0.191 e. The number of guanidine groups is 1. The minimum Gasteiger partial charge on any atom is -0.373 e. The molecule has 0 amide bonds. The lowest BCUT2D eigenvalue weighted by molar-refractivity contribution is 0.0243. The molecule has 1 aliphatic rings. The van der Waals surface area contributed by atoms with E-state index in [1.165, 1.54) is 4.88 Å². The van der Waals surface area contributed by atoms with Crippen LogP contribution in [0.4, 0.5) is 0 Å². The second-order valence-corrected chi connectivity index (χ2v) is 6.63. The fraction of sp³-hybridized carbons (Fsp3) is 0.714. The number of ether oxygens (including phenoxy) is 1. The lowest BCUT2D eigenvalue weighted by Gasteiger charge is -2.24. The molecule has 1 saturated heterocycles. The Morgan fingerprint density at radius 2 is 2.33 bits per heavy atom. The summed E-state index contributed by atoms with van der Waals surface area (Å²) < 4.78 is 5.78. The van der Waals surface area contributed by atoms with Crippen LogP contribution in [0, 0.1) is 6.92 Å². The highest BCUT2D eigenvalue weighted by atomic mass is 127. The zero-order valence-corrected chi connectivity index (χ0v) is 16.1. The summed E-state index contributed by atoms with van der Waals surface area (Å²) in [5, 5.41) is 7.68. The number of aromatic nitrogens is 1. The molecule has 5 nitrogen and oxygen atoms in total. The van der Waals surface area contributed by atoms with Gasteiger partial charge in [-0.05, 0) is 33.6 Å². The first-order valence-electron chi connectivity index (χ1n) is 7.19. The molecule has 120 valence electrons. The van der Waals surface area contributed by atoms with E-state index in [4.69, 9.17) is 4.74 Å². The highest BCUT2D eigenvalue weighted by Crippen LogP contribution is 2.23. The lowest BCUT2D eigenvalue weighted by atomic mass is 10.0. The van der Waals surface area contributed by atoms with Crippen molar-refractivity contribution in [3.8, 4) is 0 Å². The molecule has 1 unspecified atom stereocenters. The van der Waals surface area contributed by atoms with E-state index in [0.29, 0.717) is 6.54 Å². The second-order valence-electron chi connectivity index (χ2n) is 5.32. The van der Waals surface area contributed by atoms with Crippen molar-refractivity contribution < 1.29 is 4.74 Å². The molecule has 2 rings (SSSR count). The third-order valence-corrected chi connectivity index (χ3v) is 4.21. The van der Waals surface area contributed by atoms with Crippen LogP contribution in [-0.2, 0) is 11.3 Å². The number of hydrogen-bond donors (Lipinski definition) is 2. The van der Waals surface area contributed by atoms with Crippen LogP contribution < -0.4 is 10.6 Å². The number of nitrogens with one attached hydrogen (secondary N) is 2. The summed E-state index contributed by atoms with van der Waals surface area (Å²) in [5.74, 6) is 0.831. The van der Waals surface area contributed by atoms with Gasteiger partial charge in [-0.25, -0.2) is 9.98 Å². The van der Waals surface area contributed by atoms with E-state index in [2.05, 4.69) is 41.4 Å². The first-order chi connectivity index (χ1) is 9.61. The maximum atomic E-state index is 5.78. The summed E-state index contributed by atoms with van der Waals surface area (Å²) in [6.45, 7) is 9.40. The average molecular weight is 424 g/mol. The van der Waals surface area contributed by atoms with Crippen LogP contribution in [0.5, 0.6) is 0 Å². The van der Waals surface area contributed by atoms with Crippen molar-refractivity contribution >= 4 is 41.3 Å². The van der Waals surface area contributed by atoms with Crippen LogP contribution in [0.3, 0.4) is 0 Å². The standard InChI is InChI=1S/C14H24N4OS.HI/c1-4-15-13(17-9-12-16-8-11(2)20-12)18-10-14(3)6-5-7-19-14;/h8H,4-7,9-10H2,1-3H3,(H2,15,17,18);1H. The largest absolute Gasteiger partial charge is 0.373 e. The van der Waals surface area contributed by atoms with Crippen molar-refractivity contribution in [1.82, 2.24) is 15.6 Å². The molecule has 0 spiro atoms. The summed E-state index contributed by atoms with van der Waals surface area (Å²) in [6.07, 6.45) is 4.14. The summed E-state index contributed by atoms with van der Waals surface area (Å²) in [6, 6.07) is 0. The molecule has 0 radical (unpaired) electrons. The van der Waals surface area contributed by atoms with Crippen molar-refractivity contribution in [2.24, 2.45) is 4.99 Å². The van der Waals surface area contributed by atoms with Gasteiger partial charge < -0.3 is 15.4 Å². The Balaban J connectivity index is 0.00000220. The van der Waals surface area contributed by atoms with Gasteiger partial charge in [0, 0.05) is 30.8 Å². The Hall–Kier alpha value is -0.410. The van der Waals surface area contributed by atoms with E-state index >= 15 is 0 Å². The Bertz CT molecular complexity index is 458. The molecule has 0 aromatic carbocycles. The Labute approximate surface area is 148 Å². The topological polar surface area (TPSA) is 58.5 Å². The molecule has 0 saturated carbocycles. The number of rotatable bonds is 5. The minimum atomic E-state index is -0.0615. The van der Waals surface area contributed by atoms with E-state index in [-0.39, 0.29) is 29.6 Å². The predicted molar refractivity (Wildman–Crippen MR) is 98.7 cm³/mol. The zero-order valence-electron chi connectivity index (χ0n) is 12.9. The van der Waals surface area contributed by atoms with E-state index in [0.717, 1.165) is 43.5 Å². The van der Waals surface area contributed by atoms with Crippen molar-refractivity contribution in [2.75, 3.05) is 19.7 Å². The SMILES string of the molecule is CCNC(=NCc1ncc(C)s1)NCC1(C)CCCO1.I. The number of aliphatic imine (C=N–C) groups is 1. The van der Waals surface area contributed by atoms with Gasteiger partial charge in [0.1, 0.15) is 5.01 Å². The molecule has 1 aliphatic heterocycles. The normalized spacial score (nSPS) is 22.0. The van der Waals surface area contributed by atoms with Gasteiger partial charge in [-0.1, -0.05) is 0 Å². The van der Waals surface area contributed by atoms with E-state index in [1.807, 2.05) is 6.20 Å².